The maximum absolute atomic E-state index is 12.5. The number of morpholine rings is 1. The normalized spacial score (nSPS) is 19.3. The molecule has 0 saturated carbocycles. The van der Waals surface area contributed by atoms with E-state index in [0.29, 0.717) is 17.8 Å². The predicted molar refractivity (Wildman–Crippen MR) is 110 cm³/mol. The first kappa shape index (κ1) is 19.5. The number of rotatable bonds is 5. The van der Waals surface area contributed by atoms with E-state index < -0.39 is 0 Å². The minimum absolute atomic E-state index is 0.145. The smallest absolute Gasteiger partial charge is 0.256 e. The maximum atomic E-state index is 12.5. The maximum Gasteiger partial charge on any atom is 0.256 e. The first-order valence-corrected chi connectivity index (χ1v) is 10.3. The molecule has 1 N–H and O–H groups in total. The van der Waals surface area contributed by atoms with Crippen LogP contribution in [0.4, 0.5) is 5.13 Å². The van der Waals surface area contributed by atoms with Gasteiger partial charge in [-0.25, -0.2) is 4.98 Å². The second-order valence-corrected chi connectivity index (χ2v) is 8.14. The Hall–Kier alpha value is -2.78. The van der Waals surface area contributed by atoms with Crippen molar-refractivity contribution >= 4 is 22.4 Å². The first-order chi connectivity index (χ1) is 14.0. The molecule has 0 aromatic carbocycles. The van der Waals surface area contributed by atoms with Crippen LogP contribution in [0.15, 0.2) is 35.3 Å². The van der Waals surface area contributed by atoms with Crippen LogP contribution in [0.5, 0.6) is 0 Å². The lowest BCUT2D eigenvalue weighted by molar-refractivity contribution is -0.00523. The van der Waals surface area contributed by atoms with Gasteiger partial charge >= 0.3 is 0 Å². The molecule has 4 heterocycles. The highest BCUT2D eigenvalue weighted by atomic mass is 32.1. The average molecular weight is 414 g/mol. The standard InChI is InChI=1S/C20H23N5O3S/c1-12-9-25(10-13(2)28-12)20-23-17(18(29-20)15-4-6-21-7-5-15)8-22-19(26)16-11-27-24-14(16)3/h4-7,11-13H,8-10H2,1-3H3,(H,22,26)/t12-,13+. The van der Waals surface area contributed by atoms with E-state index in [-0.39, 0.29) is 18.1 Å². The monoisotopic (exact) mass is 413 g/mol. The highest BCUT2D eigenvalue weighted by Gasteiger charge is 2.26. The van der Waals surface area contributed by atoms with E-state index in [0.717, 1.165) is 34.4 Å². The highest BCUT2D eigenvalue weighted by Crippen LogP contribution is 2.35. The van der Waals surface area contributed by atoms with Crippen LogP contribution in [0.3, 0.4) is 0 Å². The number of nitrogens with zero attached hydrogens (tertiary/aromatic N) is 4. The average Bonchev–Trinajstić information content (AvgIpc) is 3.32. The molecule has 4 rings (SSSR count). The molecule has 1 amide bonds. The van der Waals surface area contributed by atoms with Gasteiger partial charge in [-0.3, -0.25) is 9.78 Å². The number of aromatic nitrogens is 3. The molecule has 0 radical (unpaired) electrons. The van der Waals surface area contributed by atoms with E-state index in [1.165, 1.54) is 6.26 Å². The summed E-state index contributed by atoms with van der Waals surface area (Å²) >= 11 is 1.62. The van der Waals surface area contributed by atoms with E-state index >= 15 is 0 Å². The largest absolute Gasteiger partial charge is 0.372 e. The molecule has 0 aliphatic carbocycles. The van der Waals surface area contributed by atoms with E-state index in [1.54, 1.807) is 30.7 Å². The minimum Gasteiger partial charge on any atom is -0.372 e. The summed E-state index contributed by atoms with van der Waals surface area (Å²) in [7, 11) is 0. The Balaban J connectivity index is 1.60. The van der Waals surface area contributed by atoms with Gasteiger partial charge in [-0.1, -0.05) is 16.5 Å². The molecule has 1 fully saturated rings. The number of pyridine rings is 1. The van der Waals surface area contributed by atoms with Crippen molar-refractivity contribution in [2.45, 2.75) is 39.5 Å². The Bertz CT molecular complexity index is 977. The summed E-state index contributed by atoms with van der Waals surface area (Å²) in [5.41, 5.74) is 2.85. The Morgan fingerprint density at radius 3 is 2.66 bits per heavy atom. The zero-order valence-electron chi connectivity index (χ0n) is 16.6. The molecule has 0 spiro atoms. The lowest BCUT2D eigenvalue weighted by atomic mass is 10.2. The second-order valence-electron chi connectivity index (χ2n) is 7.17. The van der Waals surface area contributed by atoms with Crippen molar-refractivity contribution in [3.05, 3.63) is 47.7 Å². The van der Waals surface area contributed by atoms with Gasteiger partial charge in [0.25, 0.3) is 5.91 Å². The number of nitrogens with one attached hydrogen (secondary N) is 1. The van der Waals surface area contributed by atoms with Crippen LogP contribution in [-0.4, -0.2) is 46.3 Å². The predicted octanol–water partition coefficient (Wildman–Crippen LogP) is 3.05. The molecule has 29 heavy (non-hydrogen) atoms. The van der Waals surface area contributed by atoms with Gasteiger partial charge in [0.05, 0.1) is 35.0 Å². The Morgan fingerprint density at radius 2 is 2.00 bits per heavy atom. The Kier molecular flexibility index (Phi) is 5.59. The van der Waals surface area contributed by atoms with Gasteiger partial charge in [-0.15, -0.1) is 0 Å². The summed E-state index contributed by atoms with van der Waals surface area (Å²) in [6.45, 7) is 7.78. The van der Waals surface area contributed by atoms with Crippen molar-refractivity contribution in [1.82, 2.24) is 20.4 Å². The molecular formula is C20H23N5O3S. The summed E-state index contributed by atoms with van der Waals surface area (Å²) in [5.74, 6) is -0.229. The molecule has 1 aliphatic rings. The molecule has 3 aromatic rings. The third-order valence-corrected chi connectivity index (χ3v) is 5.94. The summed E-state index contributed by atoms with van der Waals surface area (Å²) in [6.07, 6.45) is 5.17. The van der Waals surface area contributed by atoms with Gasteiger partial charge in [0.2, 0.25) is 0 Å². The van der Waals surface area contributed by atoms with E-state index in [1.807, 2.05) is 12.1 Å². The summed E-state index contributed by atoms with van der Waals surface area (Å²) in [5, 5.41) is 7.63. The molecule has 1 aliphatic heterocycles. The van der Waals surface area contributed by atoms with Crippen molar-refractivity contribution in [3.63, 3.8) is 0 Å². The lowest BCUT2D eigenvalue weighted by Gasteiger charge is -2.35. The molecule has 1 saturated heterocycles. The molecule has 9 heteroatoms. The fourth-order valence-corrected chi connectivity index (χ4v) is 4.53. The quantitative estimate of drug-likeness (QED) is 0.687. The van der Waals surface area contributed by atoms with Gasteiger partial charge in [-0.2, -0.15) is 0 Å². The minimum atomic E-state index is -0.229. The number of aryl methyl sites for hydroxylation is 1. The highest BCUT2D eigenvalue weighted by molar-refractivity contribution is 7.19. The van der Waals surface area contributed by atoms with Crippen molar-refractivity contribution in [3.8, 4) is 10.4 Å². The molecule has 0 unspecified atom stereocenters. The van der Waals surface area contributed by atoms with Gasteiger partial charge in [0.1, 0.15) is 11.8 Å². The summed E-state index contributed by atoms with van der Waals surface area (Å²) in [4.78, 5) is 24.7. The van der Waals surface area contributed by atoms with Crippen LogP contribution in [-0.2, 0) is 11.3 Å². The second kappa shape index (κ2) is 8.30. The van der Waals surface area contributed by atoms with Gasteiger partial charge in [-0.05, 0) is 38.5 Å². The fraction of sp³-hybridized carbons (Fsp3) is 0.400. The van der Waals surface area contributed by atoms with Crippen LogP contribution < -0.4 is 10.2 Å². The molecule has 152 valence electrons. The molecule has 8 nitrogen and oxygen atoms in total. The van der Waals surface area contributed by atoms with Crippen LogP contribution in [0, 0.1) is 6.92 Å². The van der Waals surface area contributed by atoms with Crippen molar-refractivity contribution in [2.75, 3.05) is 18.0 Å². The Labute approximate surface area is 172 Å². The van der Waals surface area contributed by atoms with Gasteiger partial charge in [0.15, 0.2) is 5.13 Å². The van der Waals surface area contributed by atoms with E-state index in [9.17, 15) is 4.79 Å². The number of carbonyl (C=O) groups excluding carboxylic acids is 1. The van der Waals surface area contributed by atoms with E-state index in [2.05, 4.69) is 34.2 Å². The lowest BCUT2D eigenvalue weighted by Crippen LogP contribution is -2.45. The van der Waals surface area contributed by atoms with Crippen molar-refractivity contribution in [2.24, 2.45) is 0 Å². The fourth-order valence-electron chi connectivity index (χ4n) is 3.43. The summed E-state index contributed by atoms with van der Waals surface area (Å²) < 4.78 is 10.7. The number of hydrogen-bond donors (Lipinski definition) is 1. The molecule has 0 bridgehead atoms. The Morgan fingerprint density at radius 1 is 1.28 bits per heavy atom. The number of ether oxygens (including phenoxy) is 1. The molecular weight excluding hydrogens is 390 g/mol. The van der Waals surface area contributed by atoms with Gasteiger partial charge < -0.3 is 19.5 Å². The number of hydrogen-bond acceptors (Lipinski definition) is 8. The van der Waals surface area contributed by atoms with Crippen LogP contribution >= 0.6 is 11.3 Å². The SMILES string of the molecule is Cc1nocc1C(=O)NCc1nc(N2C[C@@H](C)O[C@@H](C)C2)sc1-c1ccncc1. The summed E-state index contributed by atoms with van der Waals surface area (Å²) in [6, 6.07) is 3.91. The van der Waals surface area contributed by atoms with Crippen molar-refractivity contribution < 1.29 is 14.1 Å². The third-order valence-electron chi connectivity index (χ3n) is 4.73. The van der Waals surface area contributed by atoms with Crippen molar-refractivity contribution in [1.29, 1.82) is 0 Å². The van der Waals surface area contributed by atoms with E-state index in [4.69, 9.17) is 14.2 Å². The molecule has 3 aromatic heterocycles. The third kappa shape index (κ3) is 4.30. The zero-order chi connectivity index (χ0) is 20.4. The van der Waals surface area contributed by atoms with Crippen LogP contribution in [0.1, 0.15) is 35.6 Å². The zero-order valence-corrected chi connectivity index (χ0v) is 17.4. The number of thiazole rings is 1. The van der Waals surface area contributed by atoms with Crippen LogP contribution in [0.2, 0.25) is 0 Å². The van der Waals surface area contributed by atoms with Gasteiger partial charge in [0, 0.05) is 25.5 Å². The topological polar surface area (TPSA) is 93.4 Å². The number of carbonyl (C=O) groups is 1. The first-order valence-electron chi connectivity index (χ1n) is 9.51. The molecule has 2 atom stereocenters. The number of amides is 1. The number of anilines is 1. The van der Waals surface area contributed by atoms with Crippen LogP contribution in [0.25, 0.3) is 10.4 Å².